The van der Waals surface area contributed by atoms with Crippen molar-refractivity contribution < 1.29 is 28.6 Å². The number of hydrogen-bond donors (Lipinski definition) is 0. The molecule has 0 heterocycles. The third-order valence-electron chi connectivity index (χ3n) is 10.6. The normalized spacial score (nSPS) is 12.8. The van der Waals surface area contributed by atoms with Gasteiger partial charge in [-0.05, 0) is 116 Å². The van der Waals surface area contributed by atoms with Crippen LogP contribution >= 0.6 is 0 Å². The van der Waals surface area contributed by atoms with Gasteiger partial charge >= 0.3 is 17.9 Å². The highest BCUT2D eigenvalue weighted by Crippen LogP contribution is 2.13. The van der Waals surface area contributed by atoms with Gasteiger partial charge < -0.3 is 14.2 Å². The van der Waals surface area contributed by atoms with Crippen LogP contribution in [0.25, 0.3) is 0 Å². The summed E-state index contributed by atoms with van der Waals surface area (Å²) in [6.45, 7) is 6.43. The van der Waals surface area contributed by atoms with Crippen LogP contribution in [0, 0.1) is 0 Å². The maximum Gasteiger partial charge on any atom is 0.306 e. The SMILES string of the molecule is CC/C=C\C/C=C\C/C=C\C/C=C\CCCCC(=O)OC(COC(=O)CCCCCCC/C=C\C/C=C\CCCCCC)COC(=O)CCCCCCC/C=C\CCCCCC. The smallest absolute Gasteiger partial charge is 0.306 e. The van der Waals surface area contributed by atoms with Crippen LogP contribution in [0.2, 0.25) is 0 Å². The molecule has 62 heavy (non-hydrogen) atoms. The van der Waals surface area contributed by atoms with Crippen LogP contribution < -0.4 is 0 Å². The fraction of sp³-hybridized carbons (Fsp3) is 0.696. The maximum absolute atomic E-state index is 12.8. The number of allylic oxidation sites excluding steroid dienone is 14. The lowest BCUT2D eigenvalue weighted by atomic mass is 10.1. The van der Waals surface area contributed by atoms with Crippen LogP contribution in [0.4, 0.5) is 0 Å². The molecule has 0 saturated heterocycles. The summed E-state index contributed by atoms with van der Waals surface area (Å²) in [6, 6.07) is 0. The first-order chi connectivity index (χ1) is 30.5. The van der Waals surface area contributed by atoms with Crippen molar-refractivity contribution in [1.82, 2.24) is 0 Å². The molecular formula is C56H94O6. The van der Waals surface area contributed by atoms with Crippen LogP contribution in [0.15, 0.2) is 85.1 Å². The van der Waals surface area contributed by atoms with E-state index in [0.29, 0.717) is 19.3 Å². The van der Waals surface area contributed by atoms with E-state index in [2.05, 4.69) is 106 Å². The zero-order chi connectivity index (χ0) is 45.1. The summed E-state index contributed by atoms with van der Waals surface area (Å²) < 4.78 is 16.7. The highest BCUT2D eigenvalue weighted by molar-refractivity contribution is 5.71. The molecule has 0 amide bonds. The molecule has 6 heteroatoms. The third-order valence-corrected chi connectivity index (χ3v) is 10.6. The Morgan fingerprint density at radius 2 is 0.629 bits per heavy atom. The molecule has 0 aromatic carbocycles. The minimum atomic E-state index is -0.807. The summed E-state index contributed by atoms with van der Waals surface area (Å²) in [7, 11) is 0. The number of carbonyl (C=O) groups is 3. The minimum Gasteiger partial charge on any atom is -0.462 e. The van der Waals surface area contributed by atoms with Crippen molar-refractivity contribution in [3.05, 3.63) is 85.1 Å². The summed E-state index contributed by atoms with van der Waals surface area (Å²) in [5, 5.41) is 0. The first kappa shape index (κ1) is 58.6. The van der Waals surface area contributed by atoms with Crippen LogP contribution in [0.1, 0.15) is 233 Å². The predicted octanol–water partition coefficient (Wildman–Crippen LogP) is 16.8. The molecule has 0 saturated carbocycles. The lowest BCUT2D eigenvalue weighted by Crippen LogP contribution is -2.30. The Morgan fingerprint density at radius 1 is 0.339 bits per heavy atom. The first-order valence-corrected chi connectivity index (χ1v) is 25.6. The molecule has 0 bridgehead atoms. The van der Waals surface area contributed by atoms with Gasteiger partial charge in [-0.1, -0.05) is 183 Å². The number of rotatable bonds is 45. The summed E-state index contributed by atoms with van der Waals surface area (Å²) in [4.78, 5) is 37.9. The van der Waals surface area contributed by atoms with E-state index in [1.54, 1.807) is 0 Å². The molecule has 0 aliphatic heterocycles. The molecular weight excluding hydrogens is 769 g/mol. The number of ether oxygens (including phenoxy) is 3. The molecule has 0 radical (unpaired) electrons. The highest BCUT2D eigenvalue weighted by Gasteiger charge is 2.19. The molecule has 0 rings (SSSR count). The van der Waals surface area contributed by atoms with Gasteiger partial charge in [0.2, 0.25) is 0 Å². The summed E-state index contributed by atoms with van der Waals surface area (Å²) in [5.74, 6) is -0.969. The first-order valence-electron chi connectivity index (χ1n) is 25.6. The Morgan fingerprint density at radius 3 is 1.03 bits per heavy atom. The maximum atomic E-state index is 12.8. The van der Waals surface area contributed by atoms with Crippen LogP contribution in [-0.2, 0) is 28.6 Å². The van der Waals surface area contributed by atoms with E-state index in [1.807, 2.05) is 0 Å². The van der Waals surface area contributed by atoms with Crippen LogP contribution in [0.5, 0.6) is 0 Å². The fourth-order valence-electron chi connectivity index (χ4n) is 6.75. The Bertz CT molecular complexity index is 1220. The molecule has 0 spiro atoms. The number of carbonyl (C=O) groups excluding carboxylic acids is 3. The quantitative estimate of drug-likeness (QED) is 0.0263. The Labute approximate surface area is 382 Å². The average molecular weight is 863 g/mol. The van der Waals surface area contributed by atoms with Crippen molar-refractivity contribution in [2.75, 3.05) is 13.2 Å². The number of unbranched alkanes of at least 4 members (excludes halogenated alkanes) is 20. The minimum absolute atomic E-state index is 0.103. The molecule has 0 fully saturated rings. The predicted molar refractivity (Wildman–Crippen MR) is 265 cm³/mol. The van der Waals surface area contributed by atoms with E-state index in [4.69, 9.17) is 14.2 Å². The number of hydrogen-bond acceptors (Lipinski definition) is 6. The molecule has 354 valence electrons. The highest BCUT2D eigenvalue weighted by atomic mass is 16.6. The van der Waals surface area contributed by atoms with Gasteiger partial charge in [0.1, 0.15) is 13.2 Å². The topological polar surface area (TPSA) is 78.9 Å². The molecule has 1 unspecified atom stereocenters. The van der Waals surface area contributed by atoms with Gasteiger partial charge in [-0.2, -0.15) is 0 Å². The third kappa shape index (κ3) is 47.6. The molecule has 0 aliphatic carbocycles. The van der Waals surface area contributed by atoms with Gasteiger partial charge in [-0.3, -0.25) is 14.4 Å². The van der Waals surface area contributed by atoms with E-state index >= 15 is 0 Å². The monoisotopic (exact) mass is 863 g/mol. The second-order valence-corrected chi connectivity index (χ2v) is 16.7. The average Bonchev–Trinajstić information content (AvgIpc) is 3.27. The molecule has 0 aromatic heterocycles. The molecule has 0 aliphatic rings. The standard InChI is InChI=1S/C56H94O6/c1-4-7-10-13-16-19-22-25-27-29-31-34-37-40-43-46-49-55(58)61-52-53(51-60-54(57)48-45-42-39-36-33-30-24-21-18-15-12-9-6-3)62-56(59)50-47-44-41-38-35-32-28-26-23-20-17-14-11-8-5-2/h8,11,17,19-22,24,26-29,35,38,53H,4-7,9-10,12-16,18,23,25,30-34,36-37,39-52H2,1-3H3/b11-8-,20-17-,22-19-,24-21-,28-26-,29-27-,38-35-. The summed E-state index contributed by atoms with van der Waals surface area (Å²) in [6.07, 6.45) is 64.2. The second-order valence-electron chi connectivity index (χ2n) is 16.7. The van der Waals surface area contributed by atoms with Crippen molar-refractivity contribution >= 4 is 17.9 Å². The van der Waals surface area contributed by atoms with Crippen molar-refractivity contribution in [1.29, 1.82) is 0 Å². The van der Waals surface area contributed by atoms with Crippen molar-refractivity contribution in [2.45, 2.75) is 239 Å². The Hall–Kier alpha value is -3.41. The van der Waals surface area contributed by atoms with Crippen LogP contribution in [0.3, 0.4) is 0 Å². The van der Waals surface area contributed by atoms with Crippen LogP contribution in [-0.4, -0.2) is 37.2 Å². The van der Waals surface area contributed by atoms with Gasteiger partial charge in [-0.25, -0.2) is 0 Å². The van der Waals surface area contributed by atoms with E-state index in [1.165, 1.54) is 70.6 Å². The molecule has 6 nitrogen and oxygen atoms in total. The lowest BCUT2D eigenvalue weighted by Gasteiger charge is -2.18. The lowest BCUT2D eigenvalue weighted by molar-refractivity contribution is -0.167. The van der Waals surface area contributed by atoms with Gasteiger partial charge in [-0.15, -0.1) is 0 Å². The zero-order valence-electron chi connectivity index (χ0n) is 40.4. The van der Waals surface area contributed by atoms with Gasteiger partial charge in [0.25, 0.3) is 0 Å². The van der Waals surface area contributed by atoms with Gasteiger partial charge in [0.05, 0.1) is 0 Å². The molecule has 1 atom stereocenters. The number of esters is 3. The fourth-order valence-corrected chi connectivity index (χ4v) is 6.75. The van der Waals surface area contributed by atoms with E-state index < -0.39 is 6.10 Å². The summed E-state index contributed by atoms with van der Waals surface area (Å²) >= 11 is 0. The Balaban J connectivity index is 4.49. The van der Waals surface area contributed by atoms with Crippen molar-refractivity contribution in [3.8, 4) is 0 Å². The second kappa shape index (κ2) is 50.2. The molecule has 0 N–H and O–H groups in total. The van der Waals surface area contributed by atoms with Gasteiger partial charge in [0, 0.05) is 19.3 Å². The molecule has 0 aromatic rings. The Kier molecular flexibility index (Phi) is 47.5. The summed E-state index contributed by atoms with van der Waals surface area (Å²) in [5.41, 5.74) is 0. The van der Waals surface area contributed by atoms with Gasteiger partial charge in [0.15, 0.2) is 6.10 Å². The van der Waals surface area contributed by atoms with E-state index in [0.717, 1.165) is 116 Å². The van der Waals surface area contributed by atoms with E-state index in [-0.39, 0.29) is 37.5 Å². The van der Waals surface area contributed by atoms with E-state index in [9.17, 15) is 14.4 Å². The zero-order valence-corrected chi connectivity index (χ0v) is 40.4. The van der Waals surface area contributed by atoms with Crippen molar-refractivity contribution in [3.63, 3.8) is 0 Å². The largest absolute Gasteiger partial charge is 0.462 e. The van der Waals surface area contributed by atoms with Crippen molar-refractivity contribution in [2.24, 2.45) is 0 Å².